The number of benzene rings is 2. The first-order valence-electron chi connectivity index (χ1n) is 11.3. The van der Waals surface area contributed by atoms with Crippen LogP contribution in [0.5, 0.6) is 0 Å². The van der Waals surface area contributed by atoms with E-state index in [-0.39, 0.29) is 11.5 Å². The zero-order valence-electron chi connectivity index (χ0n) is 20.2. The summed E-state index contributed by atoms with van der Waals surface area (Å²) in [6, 6.07) is 18.6. The Hall–Kier alpha value is -4.28. The molecule has 35 heavy (non-hydrogen) atoms. The second-order valence-corrected chi connectivity index (χ2v) is 9.13. The van der Waals surface area contributed by atoms with Crippen LogP contribution in [0.1, 0.15) is 41.7 Å². The SMILES string of the molecule is Cc1c(C#N)cccc1-c1nc(N)nc(-c2ccn(Cc3cccc(C(C)(C)O)c3)c(=O)c2)c1C. The molecule has 4 aromatic rings. The molecule has 3 N–H and O–H groups in total. The molecule has 0 radical (unpaired) electrons. The third-order valence-electron chi connectivity index (χ3n) is 6.13. The van der Waals surface area contributed by atoms with Crippen molar-refractivity contribution in [1.82, 2.24) is 14.5 Å². The standard InChI is InChI=1S/C28H27N5O2/c1-17-21(15-29)8-6-10-23(17)26-18(2)25(31-27(30)32-26)20-11-12-33(24(34)14-20)16-19-7-5-9-22(13-19)28(3,4)35/h5-14,35H,16H2,1-4H3,(H2,30,31,32). The molecule has 4 rings (SSSR count). The number of pyridine rings is 1. The van der Waals surface area contributed by atoms with Crippen molar-refractivity contribution < 1.29 is 5.11 Å². The van der Waals surface area contributed by atoms with Crippen LogP contribution in [-0.4, -0.2) is 19.6 Å². The van der Waals surface area contributed by atoms with Crippen molar-refractivity contribution in [3.63, 3.8) is 0 Å². The zero-order chi connectivity index (χ0) is 25.3. The van der Waals surface area contributed by atoms with Gasteiger partial charge >= 0.3 is 0 Å². The fraction of sp³-hybridized carbons (Fsp3) is 0.214. The van der Waals surface area contributed by atoms with Gasteiger partial charge in [0.1, 0.15) is 0 Å². The minimum atomic E-state index is -0.960. The second kappa shape index (κ2) is 9.16. The van der Waals surface area contributed by atoms with E-state index >= 15 is 0 Å². The number of nitrogens with zero attached hydrogens (tertiary/aromatic N) is 4. The first kappa shape index (κ1) is 23.9. The average molecular weight is 466 g/mol. The Morgan fingerprint density at radius 1 is 1.03 bits per heavy atom. The summed E-state index contributed by atoms with van der Waals surface area (Å²) >= 11 is 0. The molecular weight excluding hydrogens is 438 g/mol. The highest BCUT2D eigenvalue weighted by Crippen LogP contribution is 2.32. The van der Waals surface area contributed by atoms with Crippen molar-refractivity contribution in [1.29, 1.82) is 5.26 Å². The minimum absolute atomic E-state index is 0.0926. The Bertz CT molecular complexity index is 1520. The van der Waals surface area contributed by atoms with Crippen LogP contribution < -0.4 is 11.3 Å². The molecule has 176 valence electrons. The summed E-state index contributed by atoms with van der Waals surface area (Å²) in [5.41, 5.74) is 11.4. The van der Waals surface area contributed by atoms with Gasteiger partial charge in [-0.3, -0.25) is 4.79 Å². The van der Waals surface area contributed by atoms with E-state index in [2.05, 4.69) is 16.0 Å². The third kappa shape index (κ3) is 4.84. The van der Waals surface area contributed by atoms with E-state index in [0.29, 0.717) is 29.1 Å². The molecule has 0 spiro atoms. The summed E-state index contributed by atoms with van der Waals surface area (Å²) in [6.07, 6.45) is 1.73. The predicted octanol–water partition coefficient (Wildman–Crippen LogP) is 4.32. The Morgan fingerprint density at radius 3 is 2.43 bits per heavy atom. The molecule has 0 aliphatic rings. The van der Waals surface area contributed by atoms with Crippen LogP contribution in [-0.2, 0) is 12.1 Å². The number of nitrogen functional groups attached to an aromatic ring is 1. The Morgan fingerprint density at radius 2 is 1.74 bits per heavy atom. The summed E-state index contributed by atoms with van der Waals surface area (Å²) in [6.45, 7) is 7.60. The quantitative estimate of drug-likeness (QED) is 0.453. The highest BCUT2D eigenvalue weighted by atomic mass is 16.3. The van der Waals surface area contributed by atoms with Gasteiger partial charge in [0.05, 0.1) is 35.2 Å². The van der Waals surface area contributed by atoms with E-state index in [0.717, 1.165) is 27.8 Å². The van der Waals surface area contributed by atoms with Crippen LogP contribution >= 0.6 is 0 Å². The van der Waals surface area contributed by atoms with E-state index in [9.17, 15) is 15.2 Å². The average Bonchev–Trinajstić information content (AvgIpc) is 2.81. The molecule has 0 aliphatic heterocycles. The smallest absolute Gasteiger partial charge is 0.251 e. The molecular formula is C28H27N5O2. The summed E-state index contributed by atoms with van der Waals surface area (Å²) < 4.78 is 1.61. The molecule has 0 bridgehead atoms. The van der Waals surface area contributed by atoms with E-state index in [1.54, 1.807) is 30.7 Å². The van der Waals surface area contributed by atoms with Gasteiger partial charge in [-0.2, -0.15) is 5.26 Å². The molecule has 0 atom stereocenters. The van der Waals surface area contributed by atoms with Gasteiger partial charge in [0, 0.05) is 29.0 Å². The maximum Gasteiger partial charge on any atom is 0.251 e. The fourth-order valence-corrected chi connectivity index (χ4v) is 4.12. The van der Waals surface area contributed by atoms with Gasteiger partial charge in [-0.05, 0) is 56.5 Å². The number of hydrogen-bond acceptors (Lipinski definition) is 6. The predicted molar refractivity (Wildman–Crippen MR) is 137 cm³/mol. The first-order chi connectivity index (χ1) is 16.6. The highest BCUT2D eigenvalue weighted by molar-refractivity contribution is 5.76. The van der Waals surface area contributed by atoms with Gasteiger partial charge in [0.25, 0.3) is 5.56 Å². The van der Waals surface area contributed by atoms with Gasteiger partial charge in [-0.15, -0.1) is 0 Å². The summed E-state index contributed by atoms with van der Waals surface area (Å²) in [4.78, 5) is 21.9. The van der Waals surface area contributed by atoms with Crippen molar-refractivity contribution in [3.05, 3.63) is 99.0 Å². The Balaban J connectivity index is 1.73. The molecule has 2 aromatic carbocycles. The molecule has 2 heterocycles. The maximum atomic E-state index is 13.0. The van der Waals surface area contributed by atoms with E-state index in [1.165, 1.54) is 6.07 Å². The number of hydrogen-bond donors (Lipinski definition) is 2. The van der Waals surface area contributed by atoms with Crippen LogP contribution in [0.3, 0.4) is 0 Å². The number of anilines is 1. The van der Waals surface area contributed by atoms with Crippen LogP contribution in [0.4, 0.5) is 5.95 Å². The molecule has 0 saturated carbocycles. The maximum absolute atomic E-state index is 13.0. The molecule has 0 unspecified atom stereocenters. The van der Waals surface area contributed by atoms with Gasteiger partial charge in [-0.1, -0.05) is 36.4 Å². The fourth-order valence-electron chi connectivity index (χ4n) is 4.12. The van der Waals surface area contributed by atoms with Crippen molar-refractivity contribution in [3.8, 4) is 28.6 Å². The molecule has 0 saturated heterocycles. The number of nitrogens with two attached hydrogens (primary N) is 1. The summed E-state index contributed by atoms with van der Waals surface area (Å²) in [5, 5.41) is 19.7. The van der Waals surface area contributed by atoms with Crippen molar-refractivity contribution >= 4 is 5.95 Å². The third-order valence-corrected chi connectivity index (χ3v) is 6.13. The zero-order valence-corrected chi connectivity index (χ0v) is 20.2. The van der Waals surface area contributed by atoms with E-state index in [1.807, 2.05) is 56.3 Å². The second-order valence-electron chi connectivity index (χ2n) is 9.13. The van der Waals surface area contributed by atoms with Crippen LogP contribution in [0.25, 0.3) is 22.5 Å². The summed E-state index contributed by atoms with van der Waals surface area (Å²) in [5.74, 6) is 0.0926. The van der Waals surface area contributed by atoms with Crippen molar-refractivity contribution in [2.45, 2.75) is 39.8 Å². The summed E-state index contributed by atoms with van der Waals surface area (Å²) in [7, 11) is 0. The first-order valence-corrected chi connectivity index (χ1v) is 11.3. The lowest BCUT2D eigenvalue weighted by Crippen LogP contribution is -2.20. The lowest BCUT2D eigenvalue weighted by Gasteiger charge is -2.19. The normalized spacial score (nSPS) is 11.3. The molecule has 7 heteroatoms. The lowest BCUT2D eigenvalue weighted by atomic mass is 9.96. The van der Waals surface area contributed by atoms with E-state index < -0.39 is 5.60 Å². The van der Waals surface area contributed by atoms with Crippen molar-refractivity contribution in [2.75, 3.05) is 5.73 Å². The number of aromatic nitrogens is 3. The molecule has 2 aromatic heterocycles. The van der Waals surface area contributed by atoms with Gasteiger partial charge in [-0.25, -0.2) is 9.97 Å². The van der Waals surface area contributed by atoms with Gasteiger partial charge in [0.15, 0.2) is 0 Å². The van der Waals surface area contributed by atoms with Gasteiger partial charge in [0.2, 0.25) is 5.95 Å². The van der Waals surface area contributed by atoms with Crippen molar-refractivity contribution in [2.24, 2.45) is 0 Å². The number of nitriles is 1. The Labute approximate surface area is 204 Å². The monoisotopic (exact) mass is 465 g/mol. The number of aliphatic hydroxyl groups is 1. The van der Waals surface area contributed by atoms with Gasteiger partial charge < -0.3 is 15.4 Å². The minimum Gasteiger partial charge on any atom is -0.386 e. The molecule has 0 fully saturated rings. The molecule has 0 aliphatic carbocycles. The Kier molecular flexibility index (Phi) is 6.25. The lowest BCUT2D eigenvalue weighted by molar-refractivity contribution is 0.0785. The van der Waals surface area contributed by atoms with Crippen LogP contribution in [0, 0.1) is 25.2 Å². The number of rotatable bonds is 5. The largest absolute Gasteiger partial charge is 0.386 e. The molecule has 7 nitrogen and oxygen atoms in total. The topological polar surface area (TPSA) is 118 Å². The highest BCUT2D eigenvalue weighted by Gasteiger charge is 2.18. The molecule has 0 amide bonds. The van der Waals surface area contributed by atoms with Crippen LogP contribution in [0.15, 0.2) is 65.6 Å². The van der Waals surface area contributed by atoms with E-state index in [4.69, 9.17) is 5.73 Å². The van der Waals surface area contributed by atoms with Crippen LogP contribution in [0.2, 0.25) is 0 Å².